The van der Waals surface area contributed by atoms with E-state index in [0.717, 1.165) is 22.9 Å². The summed E-state index contributed by atoms with van der Waals surface area (Å²) in [7, 11) is 1.74. The zero-order valence-electron chi connectivity index (χ0n) is 8.70. The standard InChI is InChI=1S/C11H15BrO2S/c1-14-11(3-2-4-11)5-10(13)8-6-15-7-9(8)12/h6-7,10,13H,2-5H2,1H3. The van der Waals surface area contributed by atoms with Crippen molar-refractivity contribution in [1.29, 1.82) is 0 Å². The number of rotatable bonds is 4. The normalized spacial score (nSPS) is 21.0. The Bertz CT molecular complexity index is 328. The first-order valence-corrected chi connectivity index (χ1v) is 6.85. The minimum Gasteiger partial charge on any atom is -0.388 e. The van der Waals surface area contributed by atoms with Crippen molar-refractivity contribution in [3.8, 4) is 0 Å². The van der Waals surface area contributed by atoms with Gasteiger partial charge in [-0.05, 0) is 40.6 Å². The van der Waals surface area contributed by atoms with Gasteiger partial charge in [0.25, 0.3) is 0 Å². The predicted octanol–water partition coefficient (Wildman–Crippen LogP) is 3.50. The van der Waals surface area contributed by atoms with Crippen LogP contribution in [-0.2, 0) is 4.74 Å². The van der Waals surface area contributed by atoms with Crippen LogP contribution in [0.2, 0.25) is 0 Å². The average molecular weight is 291 g/mol. The van der Waals surface area contributed by atoms with E-state index in [-0.39, 0.29) is 5.60 Å². The fourth-order valence-electron chi connectivity index (χ4n) is 2.05. The van der Waals surface area contributed by atoms with Crippen molar-refractivity contribution in [2.75, 3.05) is 7.11 Å². The zero-order chi connectivity index (χ0) is 10.9. The third-order valence-electron chi connectivity index (χ3n) is 3.26. The fraction of sp³-hybridized carbons (Fsp3) is 0.636. The van der Waals surface area contributed by atoms with E-state index in [0.29, 0.717) is 6.42 Å². The fourth-order valence-corrected chi connectivity index (χ4v) is 3.66. The van der Waals surface area contributed by atoms with E-state index in [4.69, 9.17) is 4.74 Å². The Kier molecular flexibility index (Phi) is 3.50. The Morgan fingerprint density at radius 2 is 2.33 bits per heavy atom. The van der Waals surface area contributed by atoms with E-state index in [2.05, 4.69) is 15.9 Å². The molecule has 4 heteroatoms. The van der Waals surface area contributed by atoms with E-state index in [1.165, 1.54) is 6.42 Å². The van der Waals surface area contributed by atoms with Crippen molar-refractivity contribution in [2.45, 2.75) is 37.4 Å². The van der Waals surface area contributed by atoms with Crippen molar-refractivity contribution in [3.63, 3.8) is 0 Å². The lowest BCUT2D eigenvalue weighted by molar-refractivity contribution is -0.0999. The van der Waals surface area contributed by atoms with Crippen LogP contribution in [0.3, 0.4) is 0 Å². The van der Waals surface area contributed by atoms with E-state index in [9.17, 15) is 5.11 Å². The van der Waals surface area contributed by atoms with Crippen LogP contribution in [0.15, 0.2) is 15.2 Å². The molecule has 1 aromatic rings. The highest BCUT2D eigenvalue weighted by molar-refractivity contribution is 9.10. The molecule has 0 aliphatic heterocycles. The molecule has 1 N–H and O–H groups in total. The number of thiophene rings is 1. The monoisotopic (exact) mass is 290 g/mol. The molecule has 2 nitrogen and oxygen atoms in total. The second kappa shape index (κ2) is 4.53. The summed E-state index contributed by atoms with van der Waals surface area (Å²) < 4.78 is 6.52. The van der Waals surface area contributed by atoms with Gasteiger partial charge in [0.05, 0.1) is 11.7 Å². The van der Waals surface area contributed by atoms with Gasteiger partial charge >= 0.3 is 0 Å². The number of aliphatic hydroxyl groups excluding tert-OH is 1. The Labute approximate surface area is 102 Å². The summed E-state index contributed by atoms with van der Waals surface area (Å²) >= 11 is 5.05. The molecule has 1 saturated carbocycles. The Hall–Kier alpha value is 0.100. The van der Waals surface area contributed by atoms with Crippen LogP contribution in [0, 0.1) is 0 Å². The van der Waals surface area contributed by atoms with Gasteiger partial charge in [-0.15, -0.1) is 0 Å². The molecule has 84 valence electrons. The largest absolute Gasteiger partial charge is 0.388 e. The predicted molar refractivity (Wildman–Crippen MR) is 65.2 cm³/mol. The van der Waals surface area contributed by atoms with Crippen LogP contribution >= 0.6 is 27.3 Å². The number of halogens is 1. The van der Waals surface area contributed by atoms with E-state index < -0.39 is 6.10 Å². The molecule has 0 spiro atoms. The molecule has 0 amide bonds. The molecular formula is C11H15BrO2S. The van der Waals surface area contributed by atoms with Crippen LogP contribution in [0.1, 0.15) is 37.4 Å². The van der Waals surface area contributed by atoms with Crippen molar-refractivity contribution < 1.29 is 9.84 Å². The lowest BCUT2D eigenvalue weighted by Gasteiger charge is -2.41. The molecule has 1 fully saturated rings. The quantitative estimate of drug-likeness (QED) is 0.920. The van der Waals surface area contributed by atoms with E-state index >= 15 is 0 Å². The minimum atomic E-state index is -0.411. The summed E-state index contributed by atoms with van der Waals surface area (Å²) in [5, 5.41) is 14.1. The SMILES string of the molecule is COC1(CC(O)c2cscc2Br)CCC1. The third-order valence-corrected chi connectivity index (χ3v) is 5.02. The van der Waals surface area contributed by atoms with Gasteiger partial charge in [-0.1, -0.05) is 0 Å². The lowest BCUT2D eigenvalue weighted by atomic mass is 9.75. The molecule has 1 aliphatic rings. The Morgan fingerprint density at radius 1 is 1.60 bits per heavy atom. The lowest BCUT2D eigenvalue weighted by Crippen LogP contribution is -2.40. The highest BCUT2D eigenvalue weighted by Gasteiger charge is 2.39. The summed E-state index contributed by atoms with van der Waals surface area (Å²) in [4.78, 5) is 0. The molecule has 0 radical (unpaired) electrons. The van der Waals surface area contributed by atoms with E-state index in [1.54, 1.807) is 18.4 Å². The maximum Gasteiger partial charge on any atom is 0.0836 e. The van der Waals surface area contributed by atoms with Crippen molar-refractivity contribution in [1.82, 2.24) is 0 Å². The van der Waals surface area contributed by atoms with Crippen LogP contribution in [0.4, 0.5) is 0 Å². The van der Waals surface area contributed by atoms with Crippen LogP contribution in [0.25, 0.3) is 0 Å². The van der Waals surface area contributed by atoms with Crippen LogP contribution in [-0.4, -0.2) is 17.8 Å². The maximum atomic E-state index is 10.1. The molecule has 1 aliphatic carbocycles. The smallest absolute Gasteiger partial charge is 0.0836 e. The summed E-state index contributed by atoms with van der Waals surface area (Å²) in [6, 6.07) is 0. The van der Waals surface area contributed by atoms with Crippen molar-refractivity contribution in [3.05, 3.63) is 20.8 Å². The molecule has 1 atom stereocenters. The number of aliphatic hydroxyl groups is 1. The number of methoxy groups -OCH3 is 1. The molecule has 1 heterocycles. The van der Waals surface area contributed by atoms with Gasteiger partial charge in [0.15, 0.2) is 0 Å². The molecule has 0 bridgehead atoms. The minimum absolute atomic E-state index is 0.0687. The molecule has 0 aromatic carbocycles. The highest BCUT2D eigenvalue weighted by atomic mass is 79.9. The van der Waals surface area contributed by atoms with Gasteiger partial charge in [0, 0.05) is 28.9 Å². The number of ether oxygens (including phenoxy) is 1. The van der Waals surface area contributed by atoms with Gasteiger partial charge in [-0.25, -0.2) is 0 Å². The Balaban J connectivity index is 2.03. The molecule has 1 unspecified atom stereocenters. The summed E-state index contributed by atoms with van der Waals surface area (Å²) in [6.45, 7) is 0. The van der Waals surface area contributed by atoms with Crippen LogP contribution in [0.5, 0.6) is 0 Å². The first kappa shape index (κ1) is 11.6. The summed E-state index contributed by atoms with van der Waals surface area (Å²) in [5.41, 5.74) is 0.921. The second-order valence-electron chi connectivity index (χ2n) is 4.14. The molecular weight excluding hydrogens is 276 g/mol. The summed E-state index contributed by atoms with van der Waals surface area (Å²) in [5.74, 6) is 0. The van der Waals surface area contributed by atoms with Gasteiger partial charge in [-0.3, -0.25) is 0 Å². The zero-order valence-corrected chi connectivity index (χ0v) is 11.1. The molecule has 15 heavy (non-hydrogen) atoms. The van der Waals surface area contributed by atoms with Gasteiger partial charge in [0.2, 0.25) is 0 Å². The van der Waals surface area contributed by atoms with Gasteiger partial charge in [0.1, 0.15) is 0 Å². The topological polar surface area (TPSA) is 29.5 Å². The molecule has 2 rings (SSSR count). The van der Waals surface area contributed by atoms with Crippen LogP contribution < -0.4 is 0 Å². The number of hydrogen-bond acceptors (Lipinski definition) is 3. The maximum absolute atomic E-state index is 10.1. The molecule has 1 aromatic heterocycles. The van der Waals surface area contributed by atoms with Crippen molar-refractivity contribution >= 4 is 27.3 Å². The summed E-state index contributed by atoms with van der Waals surface area (Å²) in [6.07, 6.45) is 3.65. The van der Waals surface area contributed by atoms with Crippen molar-refractivity contribution in [2.24, 2.45) is 0 Å². The van der Waals surface area contributed by atoms with E-state index in [1.807, 2.05) is 10.8 Å². The first-order valence-electron chi connectivity index (χ1n) is 5.12. The van der Waals surface area contributed by atoms with Gasteiger partial charge in [-0.2, -0.15) is 11.3 Å². The van der Waals surface area contributed by atoms with Gasteiger partial charge < -0.3 is 9.84 Å². The molecule has 0 saturated heterocycles. The average Bonchev–Trinajstić information content (AvgIpc) is 2.58. The Morgan fingerprint density at radius 3 is 2.73 bits per heavy atom. The second-order valence-corrected chi connectivity index (χ2v) is 5.73. The highest BCUT2D eigenvalue weighted by Crippen LogP contribution is 2.43. The first-order chi connectivity index (χ1) is 7.17. The third kappa shape index (κ3) is 2.28. The number of hydrogen-bond donors (Lipinski definition) is 1.